The van der Waals surface area contributed by atoms with Crippen LogP contribution in [0.25, 0.3) is 0 Å². The van der Waals surface area contributed by atoms with Gasteiger partial charge in [-0.25, -0.2) is 23.7 Å². The Morgan fingerprint density at radius 1 is 1.17 bits per heavy atom. The first kappa shape index (κ1) is 19.9. The maximum atomic E-state index is 14.1. The van der Waals surface area contributed by atoms with Crippen LogP contribution in [0.2, 0.25) is 0 Å². The third-order valence-electron chi connectivity index (χ3n) is 3.80. The van der Waals surface area contributed by atoms with Crippen molar-refractivity contribution >= 4 is 23.1 Å². The van der Waals surface area contributed by atoms with E-state index in [0.29, 0.717) is 22.8 Å². The average Bonchev–Trinajstić information content (AvgIpc) is 2.74. The molecule has 2 heterocycles. The van der Waals surface area contributed by atoms with Crippen molar-refractivity contribution in [1.82, 2.24) is 15.0 Å². The fourth-order valence-electron chi connectivity index (χ4n) is 2.39. The lowest BCUT2D eigenvalue weighted by Crippen LogP contribution is -2.15. The molecule has 10 heteroatoms. The van der Waals surface area contributed by atoms with E-state index in [1.54, 1.807) is 18.3 Å². The molecule has 3 aromatic rings. The number of anilines is 3. The molecule has 0 radical (unpaired) electrons. The number of nitrogens with zero attached hydrogens (tertiary/aromatic N) is 3. The van der Waals surface area contributed by atoms with Crippen molar-refractivity contribution < 1.29 is 18.3 Å². The van der Waals surface area contributed by atoms with Crippen LogP contribution in [0.1, 0.15) is 16.1 Å². The lowest BCUT2D eigenvalue weighted by Gasteiger charge is -2.11. The molecule has 1 amide bonds. The molecule has 29 heavy (non-hydrogen) atoms. The largest absolute Gasteiger partial charge is 0.474 e. The highest BCUT2D eigenvalue weighted by Gasteiger charge is 2.11. The highest BCUT2D eigenvalue weighted by molar-refractivity contribution is 6.02. The van der Waals surface area contributed by atoms with Crippen LogP contribution in [0.3, 0.4) is 0 Å². The molecule has 0 fully saturated rings. The minimum Gasteiger partial charge on any atom is -0.474 e. The molecule has 0 aliphatic rings. The summed E-state index contributed by atoms with van der Waals surface area (Å²) >= 11 is 0. The highest BCUT2D eigenvalue weighted by atomic mass is 19.1. The number of hydrogen-bond acceptors (Lipinski definition) is 7. The standard InChI is InChI=1S/C19H18F2N6O2/c20-5-7-29-17-11-25-16(10-26-17)19(28)27-13-3-4-14(21)12(8-13)9-24-15-2-1-6-23-18(15)22/h1-4,6,8,10-11,24H,5,7,9H2,(H2,22,23)(H,27,28). The third kappa shape index (κ3) is 5.34. The quantitative estimate of drug-likeness (QED) is 0.533. The average molecular weight is 400 g/mol. The van der Waals surface area contributed by atoms with Crippen LogP contribution in [-0.4, -0.2) is 34.1 Å². The number of aromatic nitrogens is 3. The number of amides is 1. The maximum absolute atomic E-state index is 14.1. The molecule has 2 aromatic heterocycles. The number of carbonyl (C=O) groups is 1. The van der Waals surface area contributed by atoms with Gasteiger partial charge in [-0.05, 0) is 30.3 Å². The fourth-order valence-corrected chi connectivity index (χ4v) is 2.39. The van der Waals surface area contributed by atoms with Gasteiger partial charge in [-0.15, -0.1) is 0 Å². The van der Waals surface area contributed by atoms with Gasteiger partial charge in [0.2, 0.25) is 5.88 Å². The number of carbonyl (C=O) groups excluding carboxylic acids is 1. The first-order valence-electron chi connectivity index (χ1n) is 8.62. The smallest absolute Gasteiger partial charge is 0.275 e. The molecule has 0 unspecified atom stereocenters. The van der Waals surface area contributed by atoms with Crippen LogP contribution in [0.15, 0.2) is 48.9 Å². The number of alkyl halides is 1. The topological polar surface area (TPSA) is 115 Å². The Kier molecular flexibility index (Phi) is 6.46. The lowest BCUT2D eigenvalue weighted by atomic mass is 10.1. The summed E-state index contributed by atoms with van der Waals surface area (Å²) in [5.41, 5.74) is 7.07. The molecule has 0 atom stereocenters. The zero-order valence-electron chi connectivity index (χ0n) is 15.2. The van der Waals surface area contributed by atoms with Crippen LogP contribution in [-0.2, 0) is 6.54 Å². The van der Waals surface area contributed by atoms with E-state index in [2.05, 4.69) is 25.6 Å². The van der Waals surface area contributed by atoms with Crippen molar-refractivity contribution in [2.24, 2.45) is 0 Å². The molecule has 0 aliphatic heterocycles. The van der Waals surface area contributed by atoms with Gasteiger partial charge in [0.1, 0.15) is 30.6 Å². The van der Waals surface area contributed by atoms with Gasteiger partial charge in [0, 0.05) is 24.0 Å². The van der Waals surface area contributed by atoms with Crippen molar-refractivity contribution in [3.8, 4) is 5.88 Å². The molecule has 0 spiro atoms. The zero-order chi connectivity index (χ0) is 20.6. The van der Waals surface area contributed by atoms with Crippen molar-refractivity contribution in [3.63, 3.8) is 0 Å². The SMILES string of the molecule is Nc1ncccc1NCc1cc(NC(=O)c2cnc(OCCF)cn2)ccc1F. The molecule has 4 N–H and O–H groups in total. The summed E-state index contributed by atoms with van der Waals surface area (Å²) in [5, 5.41) is 5.63. The first-order chi connectivity index (χ1) is 14.1. The van der Waals surface area contributed by atoms with Crippen molar-refractivity contribution in [2.45, 2.75) is 6.54 Å². The van der Waals surface area contributed by atoms with E-state index in [1.807, 2.05) is 0 Å². The van der Waals surface area contributed by atoms with Crippen molar-refractivity contribution in [3.05, 3.63) is 66.0 Å². The molecule has 1 aromatic carbocycles. The van der Waals surface area contributed by atoms with E-state index in [9.17, 15) is 13.6 Å². The van der Waals surface area contributed by atoms with E-state index in [1.165, 1.54) is 30.6 Å². The Hall–Kier alpha value is -3.82. The number of nitrogens with two attached hydrogens (primary N) is 1. The summed E-state index contributed by atoms with van der Waals surface area (Å²) in [5.74, 6) is -0.553. The summed E-state index contributed by atoms with van der Waals surface area (Å²) in [6, 6.07) is 7.62. The highest BCUT2D eigenvalue weighted by Crippen LogP contribution is 2.19. The van der Waals surface area contributed by atoms with Gasteiger partial charge in [0.25, 0.3) is 5.91 Å². The van der Waals surface area contributed by atoms with Crippen LogP contribution in [0, 0.1) is 5.82 Å². The Bertz CT molecular complexity index is 985. The fraction of sp³-hybridized carbons (Fsp3) is 0.158. The molecule has 8 nitrogen and oxygen atoms in total. The normalized spacial score (nSPS) is 10.4. The van der Waals surface area contributed by atoms with Gasteiger partial charge in [0.15, 0.2) is 0 Å². The summed E-state index contributed by atoms with van der Waals surface area (Å²) < 4.78 is 31.2. The van der Waals surface area contributed by atoms with Gasteiger partial charge in [-0.1, -0.05) is 0 Å². The number of pyridine rings is 1. The van der Waals surface area contributed by atoms with Crippen LogP contribution in [0.5, 0.6) is 5.88 Å². The van der Waals surface area contributed by atoms with E-state index in [0.717, 1.165) is 0 Å². The molecule has 0 saturated carbocycles. The summed E-state index contributed by atoms with van der Waals surface area (Å²) in [6.07, 6.45) is 3.99. The van der Waals surface area contributed by atoms with Crippen LogP contribution >= 0.6 is 0 Å². The second kappa shape index (κ2) is 9.40. The number of benzene rings is 1. The summed E-state index contributed by atoms with van der Waals surface area (Å²) in [4.78, 5) is 24.1. The number of hydrogen-bond donors (Lipinski definition) is 3. The predicted octanol–water partition coefficient (Wildman–Crippen LogP) is 2.81. The van der Waals surface area contributed by atoms with E-state index < -0.39 is 18.4 Å². The third-order valence-corrected chi connectivity index (χ3v) is 3.80. The van der Waals surface area contributed by atoms with Crippen molar-refractivity contribution in [1.29, 1.82) is 0 Å². The van der Waals surface area contributed by atoms with Gasteiger partial charge >= 0.3 is 0 Å². The second-order valence-corrected chi connectivity index (χ2v) is 5.83. The Morgan fingerprint density at radius 2 is 2.03 bits per heavy atom. The predicted molar refractivity (Wildman–Crippen MR) is 104 cm³/mol. The maximum Gasteiger partial charge on any atom is 0.275 e. The summed E-state index contributed by atoms with van der Waals surface area (Å²) in [7, 11) is 0. The van der Waals surface area contributed by atoms with Crippen LogP contribution < -0.4 is 21.1 Å². The number of ether oxygens (including phenoxy) is 1. The first-order valence-corrected chi connectivity index (χ1v) is 8.62. The zero-order valence-corrected chi connectivity index (χ0v) is 15.2. The second-order valence-electron chi connectivity index (χ2n) is 5.83. The molecule has 3 rings (SSSR count). The molecular weight excluding hydrogens is 382 g/mol. The molecule has 0 saturated heterocycles. The van der Waals surface area contributed by atoms with Gasteiger partial charge in [-0.2, -0.15) is 0 Å². The molecule has 0 bridgehead atoms. The van der Waals surface area contributed by atoms with Gasteiger partial charge < -0.3 is 21.1 Å². The van der Waals surface area contributed by atoms with Crippen LogP contribution in [0.4, 0.5) is 26.0 Å². The number of rotatable bonds is 8. The monoisotopic (exact) mass is 400 g/mol. The van der Waals surface area contributed by atoms with E-state index in [4.69, 9.17) is 10.5 Å². The molecular formula is C19H18F2N6O2. The molecule has 0 aliphatic carbocycles. The number of nitrogen functional groups attached to an aromatic ring is 1. The lowest BCUT2D eigenvalue weighted by molar-refractivity contribution is 0.102. The Morgan fingerprint density at radius 3 is 2.76 bits per heavy atom. The van der Waals surface area contributed by atoms with E-state index >= 15 is 0 Å². The van der Waals surface area contributed by atoms with Gasteiger partial charge in [-0.3, -0.25) is 4.79 Å². The number of nitrogens with one attached hydrogen (secondary N) is 2. The Balaban J connectivity index is 1.66. The van der Waals surface area contributed by atoms with E-state index in [-0.39, 0.29) is 24.7 Å². The summed E-state index contributed by atoms with van der Waals surface area (Å²) in [6.45, 7) is -0.651. The molecule has 150 valence electrons. The Labute approximate surface area is 165 Å². The number of halogens is 2. The van der Waals surface area contributed by atoms with Crippen molar-refractivity contribution in [2.75, 3.05) is 29.6 Å². The minimum atomic E-state index is -0.654. The minimum absolute atomic E-state index is 0.0322. The van der Waals surface area contributed by atoms with Gasteiger partial charge in [0.05, 0.1) is 18.1 Å².